The zero-order valence-electron chi connectivity index (χ0n) is 40.4. The maximum atomic E-state index is 13.6. The molecule has 1 saturated heterocycles. The molecule has 17 nitrogen and oxygen atoms in total. The van der Waals surface area contributed by atoms with Gasteiger partial charge in [0.05, 0.1) is 67.5 Å². The van der Waals surface area contributed by atoms with Gasteiger partial charge < -0.3 is 34.2 Å². The van der Waals surface area contributed by atoms with E-state index in [4.69, 9.17) is 35.2 Å². The summed E-state index contributed by atoms with van der Waals surface area (Å²) in [5.74, 6) is -0.381. The van der Waals surface area contributed by atoms with Crippen molar-refractivity contribution in [1.29, 1.82) is 0 Å². The number of ether oxygens (including phenoxy) is 3. The van der Waals surface area contributed by atoms with Gasteiger partial charge in [0.1, 0.15) is 22.6 Å². The topological polar surface area (TPSA) is 200 Å². The Kier molecular flexibility index (Phi) is 16.2. The Morgan fingerprint density at radius 3 is 2.15 bits per heavy atom. The summed E-state index contributed by atoms with van der Waals surface area (Å²) in [6.45, 7) is 24.4. The molecule has 0 saturated carbocycles. The predicted octanol–water partition coefficient (Wildman–Crippen LogP) is 8.99. The number of nitrogens with one attached hydrogen (secondary N) is 2. The fourth-order valence-electron chi connectivity index (χ4n) is 6.57. The number of rotatable bonds is 15. The number of methoxy groups -OCH3 is 1. The third kappa shape index (κ3) is 13.7. The second-order valence-electron chi connectivity index (χ2n) is 19.7. The van der Waals surface area contributed by atoms with Gasteiger partial charge in [-0.15, -0.1) is 0 Å². The van der Waals surface area contributed by atoms with Crippen LogP contribution in [0.5, 0.6) is 5.88 Å². The molecule has 1 aliphatic rings. The zero-order chi connectivity index (χ0) is 48.8. The molecule has 4 amide bonds. The molecule has 1 aliphatic heterocycles. The lowest BCUT2D eigenvalue weighted by molar-refractivity contribution is -0.119. The Balaban J connectivity index is 1.32. The summed E-state index contributed by atoms with van der Waals surface area (Å²) in [6, 6.07) is 6.87. The standard InChI is InChI=1S/C47H64ClN9O8Si/c1-29-32(15-14-16-34(29)54-41(59)36-25-50-31(23-51-36)27-56(43(60)64-45(2,3)4)21-22-63-66(12,13)47(8,9)10)40-39(48)33(19-20-49-40)35-24-52-37(42(55-35)62-11)28-57(44(61)65-46(5,6)7)26-30-17-18-38(58)53-30/h14-16,19-20,23-25,30H,17-18,21-22,26-28H2,1-13H3,(H,53,58)(H,54,59)/t30-/m0/s1. The van der Waals surface area contributed by atoms with Gasteiger partial charge in [-0.3, -0.25) is 29.4 Å². The molecule has 0 radical (unpaired) electrons. The minimum absolute atomic E-state index is 0.0105. The molecule has 0 spiro atoms. The smallest absolute Gasteiger partial charge is 0.410 e. The largest absolute Gasteiger partial charge is 0.480 e. The molecule has 0 unspecified atom stereocenters. The molecular weight excluding hydrogens is 882 g/mol. The van der Waals surface area contributed by atoms with Crippen molar-refractivity contribution in [1.82, 2.24) is 40.0 Å². The van der Waals surface area contributed by atoms with Gasteiger partial charge in [0, 0.05) is 48.6 Å². The third-order valence-electron chi connectivity index (χ3n) is 11.1. The number of carbonyl (C=O) groups excluding carboxylic acids is 4. The Labute approximate surface area is 393 Å². The highest BCUT2D eigenvalue weighted by molar-refractivity contribution is 6.74. The second-order valence-corrected chi connectivity index (χ2v) is 24.9. The average Bonchev–Trinajstić information content (AvgIpc) is 3.63. The van der Waals surface area contributed by atoms with Crippen molar-refractivity contribution < 1.29 is 37.8 Å². The predicted molar refractivity (Wildman–Crippen MR) is 255 cm³/mol. The van der Waals surface area contributed by atoms with Crippen molar-refractivity contribution in [2.24, 2.45) is 0 Å². The minimum Gasteiger partial charge on any atom is -0.480 e. The third-order valence-corrected chi connectivity index (χ3v) is 16.0. The van der Waals surface area contributed by atoms with E-state index in [1.165, 1.54) is 29.3 Å². The van der Waals surface area contributed by atoms with Crippen LogP contribution < -0.4 is 15.4 Å². The van der Waals surface area contributed by atoms with Crippen LogP contribution in [0.15, 0.2) is 49.1 Å². The fraction of sp³-hybridized carbons (Fsp3) is 0.511. The first-order valence-electron chi connectivity index (χ1n) is 21.9. The number of carbonyl (C=O) groups is 4. The molecule has 4 aromatic rings. The van der Waals surface area contributed by atoms with E-state index < -0.39 is 37.6 Å². The van der Waals surface area contributed by atoms with Crippen LogP contribution in [-0.4, -0.2) is 111 Å². The molecule has 0 aliphatic carbocycles. The molecule has 1 aromatic carbocycles. The molecule has 0 bridgehead atoms. The highest BCUT2D eigenvalue weighted by Crippen LogP contribution is 2.38. The van der Waals surface area contributed by atoms with E-state index in [1.54, 1.807) is 51.4 Å². The SMILES string of the molecule is COc1nc(-c2ccnc(-c3cccc(NC(=O)c4cnc(CN(CCO[Si](C)(C)C(C)(C)C)C(=O)OC(C)(C)C)cn4)c3C)c2Cl)cnc1CN(C[C@@H]1CCC(=O)N1)C(=O)OC(C)(C)C. The van der Waals surface area contributed by atoms with E-state index >= 15 is 0 Å². The van der Waals surface area contributed by atoms with Crippen LogP contribution in [0.25, 0.3) is 22.5 Å². The Hall–Kier alpha value is -5.72. The molecule has 66 heavy (non-hydrogen) atoms. The van der Waals surface area contributed by atoms with Gasteiger partial charge in [-0.05, 0) is 90.7 Å². The number of hydrogen-bond donors (Lipinski definition) is 2. The molecular formula is C47H64ClN9O8Si. The van der Waals surface area contributed by atoms with Gasteiger partial charge in [-0.2, -0.15) is 0 Å². The van der Waals surface area contributed by atoms with Crippen LogP contribution in [0.2, 0.25) is 23.2 Å². The van der Waals surface area contributed by atoms with Gasteiger partial charge in [-0.25, -0.2) is 19.6 Å². The Morgan fingerprint density at radius 2 is 1.56 bits per heavy atom. The monoisotopic (exact) mass is 945 g/mol. The van der Waals surface area contributed by atoms with Gasteiger partial charge in [0.2, 0.25) is 11.8 Å². The van der Waals surface area contributed by atoms with E-state index in [0.717, 1.165) is 0 Å². The van der Waals surface area contributed by atoms with Crippen LogP contribution in [0.1, 0.15) is 103 Å². The van der Waals surface area contributed by atoms with Crippen LogP contribution in [0, 0.1) is 6.92 Å². The summed E-state index contributed by atoms with van der Waals surface area (Å²) in [6.07, 6.45) is 5.91. The number of halogens is 1. The lowest BCUT2D eigenvalue weighted by atomic mass is 10.0. The Morgan fingerprint density at radius 1 is 0.879 bits per heavy atom. The first kappa shape index (κ1) is 51.3. The van der Waals surface area contributed by atoms with Crippen molar-refractivity contribution in [3.05, 3.63) is 76.7 Å². The lowest BCUT2D eigenvalue weighted by Crippen LogP contribution is -2.44. The van der Waals surface area contributed by atoms with Crippen molar-refractivity contribution >= 4 is 49.6 Å². The van der Waals surface area contributed by atoms with Gasteiger partial charge in [0.25, 0.3) is 5.91 Å². The maximum Gasteiger partial charge on any atom is 0.410 e. The van der Waals surface area contributed by atoms with E-state index in [2.05, 4.69) is 64.4 Å². The van der Waals surface area contributed by atoms with Gasteiger partial charge in [0.15, 0.2) is 8.32 Å². The number of pyridine rings is 1. The van der Waals surface area contributed by atoms with Crippen molar-refractivity contribution in [2.75, 3.05) is 32.1 Å². The zero-order valence-corrected chi connectivity index (χ0v) is 42.2. The summed E-state index contributed by atoms with van der Waals surface area (Å²) < 4.78 is 23.4. The van der Waals surface area contributed by atoms with Gasteiger partial charge >= 0.3 is 12.2 Å². The number of nitrogens with zero attached hydrogens (tertiary/aromatic N) is 7. The van der Waals surface area contributed by atoms with E-state index in [-0.39, 0.29) is 59.8 Å². The van der Waals surface area contributed by atoms with Crippen LogP contribution in [0.3, 0.4) is 0 Å². The quantitative estimate of drug-likeness (QED) is 0.107. The molecule has 5 rings (SSSR count). The second kappa shape index (κ2) is 20.8. The molecule has 356 valence electrons. The van der Waals surface area contributed by atoms with E-state index in [0.29, 0.717) is 64.6 Å². The summed E-state index contributed by atoms with van der Waals surface area (Å²) >= 11 is 7.08. The molecule has 19 heteroatoms. The van der Waals surface area contributed by atoms with Crippen molar-refractivity contribution in [3.63, 3.8) is 0 Å². The van der Waals surface area contributed by atoms with Crippen molar-refractivity contribution in [2.45, 2.75) is 131 Å². The molecule has 3 aromatic heterocycles. The van der Waals surface area contributed by atoms with E-state index in [1.807, 2.05) is 33.8 Å². The first-order valence-corrected chi connectivity index (χ1v) is 25.2. The number of anilines is 1. The van der Waals surface area contributed by atoms with Crippen LogP contribution in [0.4, 0.5) is 15.3 Å². The highest BCUT2D eigenvalue weighted by Gasteiger charge is 2.37. The normalized spacial score (nSPS) is 14.3. The summed E-state index contributed by atoms with van der Waals surface area (Å²) in [7, 11) is -0.596. The summed E-state index contributed by atoms with van der Waals surface area (Å²) in [4.78, 5) is 77.9. The number of benzene rings is 1. The summed E-state index contributed by atoms with van der Waals surface area (Å²) in [5, 5.41) is 6.14. The molecule has 4 heterocycles. The lowest BCUT2D eigenvalue weighted by Gasteiger charge is -2.37. The van der Waals surface area contributed by atoms with E-state index in [9.17, 15) is 19.2 Å². The Bertz CT molecular complexity index is 2400. The maximum absolute atomic E-state index is 13.6. The van der Waals surface area contributed by atoms with Gasteiger partial charge in [-0.1, -0.05) is 44.5 Å². The van der Waals surface area contributed by atoms with Crippen molar-refractivity contribution in [3.8, 4) is 28.4 Å². The number of hydrogen-bond acceptors (Lipinski definition) is 13. The average molecular weight is 947 g/mol. The summed E-state index contributed by atoms with van der Waals surface area (Å²) in [5.41, 5.74) is 2.69. The number of amides is 4. The number of aromatic nitrogens is 5. The fourth-order valence-corrected chi connectivity index (χ4v) is 7.92. The van der Waals surface area contributed by atoms with Crippen LogP contribution >= 0.6 is 11.6 Å². The molecule has 2 N–H and O–H groups in total. The highest BCUT2D eigenvalue weighted by atomic mass is 35.5. The van der Waals surface area contributed by atoms with Crippen LogP contribution in [-0.2, 0) is 31.8 Å². The first-order chi connectivity index (χ1) is 30.7. The molecule has 1 fully saturated rings. The minimum atomic E-state index is -2.06. The molecule has 1 atom stereocenters.